The monoisotopic (exact) mass is 287 g/mol. The van der Waals surface area contributed by atoms with Gasteiger partial charge in [-0.25, -0.2) is 0 Å². The quantitative estimate of drug-likeness (QED) is 0.756. The maximum Gasteiger partial charge on any atom is 0.233 e. The van der Waals surface area contributed by atoms with Crippen LogP contribution in [0.4, 0.5) is 0 Å². The Morgan fingerprint density at radius 2 is 1.71 bits per heavy atom. The number of rotatable bonds is 8. The number of hydrogen-bond acceptors (Lipinski definition) is 5. The molecule has 1 aromatic heterocycles. The first-order valence-corrected chi connectivity index (χ1v) is 7.10. The van der Waals surface area contributed by atoms with Gasteiger partial charge in [0.25, 0.3) is 0 Å². The Morgan fingerprint density at radius 1 is 0.952 bits per heavy atom. The molecule has 2 aromatic rings. The van der Waals surface area contributed by atoms with Gasteiger partial charge in [-0.05, 0) is 18.2 Å². The van der Waals surface area contributed by atoms with Crippen LogP contribution in [0.1, 0.15) is 19.5 Å². The summed E-state index contributed by atoms with van der Waals surface area (Å²) in [7, 11) is 0. The number of hydrogen-bond donors (Lipinski definition) is 1. The van der Waals surface area contributed by atoms with Crippen molar-refractivity contribution in [2.24, 2.45) is 0 Å². The molecule has 0 atom stereocenters. The molecule has 0 aliphatic heterocycles. The highest BCUT2D eigenvalue weighted by atomic mass is 16.5. The summed E-state index contributed by atoms with van der Waals surface area (Å²) in [5, 5.41) is 11.4. The Morgan fingerprint density at radius 3 is 2.38 bits per heavy atom. The largest absolute Gasteiger partial charge is 0.490 e. The lowest BCUT2D eigenvalue weighted by Crippen LogP contribution is -2.22. The Hall–Kier alpha value is -2.14. The van der Waals surface area contributed by atoms with E-state index in [1.807, 2.05) is 42.5 Å². The van der Waals surface area contributed by atoms with Gasteiger partial charge < -0.3 is 14.8 Å². The van der Waals surface area contributed by atoms with Crippen molar-refractivity contribution < 1.29 is 9.47 Å². The fraction of sp³-hybridized carbons (Fsp3) is 0.375. The molecule has 5 heteroatoms. The van der Waals surface area contributed by atoms with Crippen LogP contribution in [0.5, 0.6) is 11.6 Å². The first-order chi connectivity index (χ1) is 10.2. The third-order valence-electron chi connectivity index (χ3n) is 2.73. The number of aromatic nitrogens is 2. The number of benzene rings is 1. The van der Waals surface area contributed by atoms with Crippen molar-refractivity contribution in [3.63, 3.8) is 0 Å². The van der Waals surface area contributed by atoms with Crippen molar-refractivity contribution in [1.29, 1.82) is 0 Å². The van der Waals surface area contributed by atoms with E-state index in [4.69, 9.17) is 9.47 Å². The lowest BCUT2D eigenvalue weighted by molar-refractivity contribution is 0.210. The minimum Gasteiger partial charge on any atom is -0.490 e. The Balaban J connectivity index is 1.69. The van der Waals surface area contributed by atoms with Crippen molar-refractivity contribution >= 4 is 0 Å². The first-order valence-electron chi connectivity index (χ1n) is 7.10. The van der Waals surface area contributed by atoms with Gasteiger partial charge in [-0.1, -0.05) is 32.0 Å². The molecule has 2 rings (SSSR count). The van der Waals surface area contributed by atoms with Gasteiger partial charge in [0.15, 0.2) is 0 Å². The molecule has 0 aliphatic carbocycles. The molecule has 0 bridgehead atoms. The zero-order valence-electron chi connectivity index (χ0n) is 12.5. The second-order valence-electron chi connectivity index (χ2n) is 4.91. The molecule has 5 nitrogen and oxygen atoms in total. The van der Waals surface area contributed by atoms with Gasteiger partial charge >= 0.3 is 0 Å². The molecule has 0 amide bonds. The standard InChI is InChI=1S/C16H21N3O2/c1-13(2)17-12-14-8-9-16(19-18-14)21-11-10-20-15-6-4-3-5-7-15/h3-9,13,17H,10-12H2,1-2H3. The maximum atomic E-state index is 5.53. The number of ether oxygens (including phenoxy) is 2. The van der Waals surface area contributed by atoms with Gasteiger partial charge in [-0.3, -0.25) is 0 Å². The molecular weight excluding hydrogens is 266 g/mol. The van der Waals surface area contributed by atoms with Gasteiger partial charge in [-0.2, -0.15) is 5.10 Å². The molecule has 0 radical (unpaired) electrons. The summed E-state index contributed by atoms with van der Waals surface area (Å²) in [5.74, 6) is 1.35. The molecule has 1 aromatic carbocycles. The third-order valence-corrected chi connectivity index (χ3v) is 2.73. The summed E-state index contributed by atoms with van der Waals surface area (Å²) in [6, 6.07) is 13.8. The van der Waals surface area contributed by atoms with Gasteiger partial charge in [0.2, 0.25) is 5.88 Å². The van der Waals surface area contributed by atoms with E-state index in [0.29, 0.717) is 31.7 Å². The van der Waals surface area contributed by atoms with Crippen LogP contribution >= 0.6 is 0 Å². The highest BCUT2D eigenvalue weighted by molar-refractivity contribution is 5.20. The third kappa shape index (κ3) is 5.79. The molecule has 1 heterocycles. The Labute approximate surface area is 125 Å². The van der Waals surface area contributed by atoms with Gasteiger partial charge in [0.1, 0.15) is 19.0 Å². The molecule has 1 N–H and O–H groups in total. The average molecular weight is 287 g/mol. The summed E-state index contributed by atoms with van der Waals surface area (Å²) in [5.41, 5.74) is 0.900. The number of nitrogens with one attached hydrogen (secondary N) is 1. The van der Waals surface area contributed by atoms with E-state index in [1.165, 1.54) is 0 Å². The van der Waals surface area contributed by atoms with E-state index in [0.717, 1.165) is 11.4 Å². The predicted molar refractivity (Wildman–Crippen MR) is 81.4 cm³/mol. The van der Waals surface area contributed by atoms with Crippen molar-refractivity contribution in [3.8, 4) is 11.6 Å². The fourth-order valence-electron chi connectivity index (χ4n) is 1.65. The maximum absolute atomic E-state index is 5.53. The van der Waals surface area contributed by atoms with Crippen LogP contribution in [0.25, 0.3) is 0 Å². The van der Waals surface area contributed by atoms with Crippen LogP contribution in [-0.4, -0.2) is 29.5 Å². The lowest BCUT2D eigenvalue weighted by Gasteiger charge is -2.08. The summed E-state index contributed by atoms with van der Waals surface area (Å²) in [4.78, 5) is 0. The average Bonchev–Trinajstić information content (AvgIpc) is 2.52. The Bertz CT molecular complexity index is 515. The van der Waals surface area contributed by atoms with Crippen molar-refractivity contribution in [2.75, 3.05) is 13.2 Å². The van der Waals surface area contributed by atoms with Crippen LogP contribution in [0.2, 0.25) is 0 Å². The number of para-hydroxylation sites is 1. The van der Waals surface area contributed by atoms with Crippen LogP contribution in [0, 0.1) is 0 Å². The molecule has 0 saturated carbocycles. The lowest BCUT2D eigenvalue weighted by atomic mass is 10.3. The van der Waals surface area contributed by atoms with Gasteiger partial charge in [-0.15, -0.1) is 5.10 Å². The topological polar surface area (TPSA) is 56.3 Å². The van der Waals surface area contributed by atoms with E-state index in [-0.39, 0.29) is 0 Å². The highest BCUT2D eigenvalue weighted by Crippen LogP contribution is 2.08. The predicted octanol–water partition coefficient (Wildman–Crippen LogP) is 2.43. The van der Waals surface area contributed by atoms with E-state index >= 15 is 0 Å². The first kappa shape index (κ1) is 15.3. The van der Waals surface area contributed by atoms with Gasteiger partial charge in [0.05, 0.1) is 5.69 Å². The van der Waals surface area contributed by atoms with E-state index in [2.05, 4.69) is 29.4 Å². The molecule has 0 spiro atoms. The van der Waals surface area contributed by atoms with E-state index < -0.39 is 0 Å². The van der Waals surface area contributed by atoms with E-state index in [9.17, 15) is 0 Å². The molecular formula is C16H21N3O2. The minimum atomic E-state index is 0.429. The van der Waals surface area contributed by atoms with E-state index in [1.54, 1.807) is 0 Å². The fourth-order valence-corrected chi connectivity index (χ4v) is 1.65. The second kappa shape index (κ2) is 8.21. The van der Waals surface area contributed by atoms with Crippen molar-refractivity contribution in [3.05, 3.63) is 48.2 Å². The summed E-state index contributed by atoms with van der Waals surface area (Å²) in [6.45, 7) is 5.81. The number of nitrogens with zero attached hydrogens (tertiary/aromatic N) is 2. The SMILES string of the molecule is CC(C)NCc1ccc(OCCOc2ccccc2)nn1. The molecule has 21 heavy (non-hydrogen) atoms. The molecule has 0 aliphatic rings. The van der Waals surface area contributed by atoms with Crippen LogP contribution in [0.3, 0.4) is 0 Å². The van der Waals surface area contributed by atoms with Crippen LogP contribution in [-0.2, 0) is 6.54 Å². The summed E-state index contributed by atoms with van der Waals surface area (Å²) < 4.78 is 11.0. The summed E-state index contributed by atoms with van der Waals surface area (Å²) >= 11 is 0. The van der Waals surface area contributed by atoms with Crippen LogP contribution in [0.15, 0.2) is 42.5 Å². The zero-order chi connectivity index (χ0) is 14.9. The zero-order valence-corrected chi connectivity index (χ0v) is 12.5. The highest BCUT2D eigenvalue weighted by Gasteiger charge is 2.00. The van der Waals surface area contributed by atoms with Crippen LogP contribution < -0.4 is 14.8 Å². The molecule has 112 valence electrons. The molecule has 0 fully saturated rings. The Kier molecular flexibility index (Phi) is 5.97. The minimum absolute atomic E-state index is 0.429. The molecule has 0 unspecified atom stereocenters. The smallest absolute Gasteiger partial charge is 0.233 e. The second-order valence-corrected chi connectivity index (χ2v) is 4.91. The molecule has 0 saturated heterocycles. The van der Waals surface area contributed by atoms with Crippen molar-refractivity contribution in [2.45, 2.75) is 26.4 Å². The van der Waals surface area contributed by atoms with Crippen molar-refractivity contribution in [1.82, 2.24) is 15.5 Å². The van der Waals surface area contributed by atoms with Gasteiger partial charge in [0, 0.05) is 18.7 Å². The normalized spacial score (nSPS) is 10.6. The summed E-state index contributed by atoms with van der Waals surface area (Å²) in [6.07, 6.45) is 0.